The van der Waals surface area contributed by atoms with Gasteiger partial charge in [-0.2, -0.15) is 0 Å². The molecule has 0 saturated carbocycles. The normalized spacial score (nSPS) is 10.5. The van der Waals surface area contributed by atoms with Crippen LogP contribution in [0.25, 0.3) is 0 Å². The summed E-state index contributed by atoms with van der Waals surface area (Å²) < 4.78 is 10.8. The number of carbonyl (C=O) groups excluding carboxylic acids is 2. The van der Waals surface area contributed by atoms with Gasteiger partial charge < -0.3 is 19.4 Å². The van der Waals surface area contributed by atoms with Gasteiger partial charge in [-0.15, -0.1) is 0 Å². The van der Waals surface area contributed by atoms with Crippen molar-refractivity contribution in [1.29, 1.82) is 0 Å². The van der Waals surface area contributed by atoms with Gasteiger partial charge in [-0.1, -0.05) is 48.5 Å². The van der Waals surface area contributed by atoms with Crippen molar-refractivity contribution in [3.05, 3.63) is 88.7 Å². The third-order valence-corrected chi connectivity index (χ3v) is 5.10. The maximum atomic E-state index is 13.1. The van der Waals surface area contributed by atoms with Crippen LogP contribution in [0, 0.1) is 13.8 Å². The van der Waals surface area contributed by atoms with Crippen LogP contribution in [0.15, 0.2) is 60.7 Å². The van der Waals surface area contributed by atoms with Gasteiger partial charge in [0.15, 0.2) is 6.61 Å². The number of carbonyl (C=O) groups is 2. The van der Waals surface area contributed by atoms with Gasteiger partial charge >= 0.3 is 5.97 Å². The van der Waals surface area contributed by atoms with Crippen molar-refractivity contribution in [3.63, 3.8) is 0 Å². The molecule has 0 unspecified atom stereocenters. The number of aromatic amines is 1. The molecular formula is C25H28N2O4. The smallest absolute Gasteiger partial charge is 0.355 e. The molecule has 0 bridgehead atoms. The molecule has 162 valence electrons. The minimum absolute atomic E-state index is 0.0654. The van der Waals surface area contributed by atoms with Crippen LogP contribution in [0.2, 0.25) is 0 Å². The molecule has 0 aliphatic heterocycles. The summed E-state index contributed by atoms with van der Waals surface area (Å²) in [6.45, 7) is 6.59. The van der Waals surface area contributed by atoms with E-state index in [4.69, 9.17) is 9.47 Å². The number of para-hydroxylation sites is 1. The number of rotatable bonds is 9. The van der Waals surface area contributed by atoms with Crippen LogP contribution in [-0.2, 0) is 22.6 Å². The number of ether oxygens (including phenoxy) is 2. The number of nitrogens with one attached hydrogen (secondary N) is 1. The van der Waals surface area contributed by atoms with Gasteiger partial charge in [0.25, 0.3) is 5.91 Å². The molecule has 0 spiro atoms. The number of benzene rings is 2. The lowest BCUT2D eigenvalue weighted by Crippen LogP contribution is -2.34. The van der Waals surface area contributed by atoms with Crippen molar-refractivity contribution < 1.29 is 19.1 Å². The highest BCUT2D eigenvalue weighted by Crippen LogP contribution is 2.22. The first-order valence-electron chi connectivity index (χ1n) is 10.3. The summed E-state index contributed by atoms with van der Waals surface area (Å²) >= 11 is 0. The highest BCUT2D eigenvalue weighted by atomic mass is 16.5. The number of hydrogen-bond donors (Lipinski definition) is 1. The fourth-order valence-corrected chi connectivity index (χ4v) is 3.41. The zero-order valence-electron chi connectivity index (χ0n) is 18.2. The predicted molar refractivity (Wildman–Crippen MR) is 119 cm³/mol. The quantitative estimate of drug-likeness (QED) is 0.520. The van der Waals surface area contributed by atoms with Crippen molar-refractivity contribution in [2.45, 2.75) is 33.9 Å². The van der Waals surface area contributed by atoms with Crippen LogP contribution in [0.5, 0.6) is 5.75 Å². The van der Waals surface area contributed by atoms with Crippen molar-refractivity contribution >= 4 is 11.9 Å². The SMILES string of the molecule is CCOC(=O)c1[nH]c(C)c(CN(Cc2ccccc2)C(=O)COc2ccccc2)c1C. The van der Waals surface area contributed by atoms with E-state index in [1.165, 1.54) is 0 Å². The van der Waals surface area contributed by atoms with Crippen LogP contribution in [0.3, 0.4) is 0 Å². The monoisotopic (exact) mass is 420 g/mol. The van der Waals surface area contributed by atoms with Crippen molar-refractivity contribution in [2.75, 3.05) is 13.2 Å². The van der Waals surface area contributed by atoms with E-state index in [0.29, 0.717) is 31.1 Å². The van der Waals surface area contributed by atoms with Crippen LogP contribution in [0.4, 0.5) is 0 Å². The summed E-state index contributed by atoms with van der Waals surface area (Å²) in [7, 11) is 0. The highest BCUT2D eigenvalue weighted by Gasteiger charge is 2.22. The second-order valence-electron chi connectivity index (χ2n) is 7.29. The fourth-order valence-electron chi connectivity index (χ4n) is 3.41. The Bertz CT molecular complexity index is 1010. The van der Waals surface area contributed by atoms with Gasteiger partial charge in [0, 0.05) is 18.8 Å². The number of aryl methyl sites for hydroxylation is 1. The fraction of sp³-hybridized carbons (Fsp3) is 0.280. The van der Waals surface area contributed by atoms with Gasteiger partial charge in [0.05, 0.1) is 6.61 Å². The van der Waals surface area contributed by atoms with E-state index >= 15 is 0 Å². The minimum Gasteiger partial charge on any atom is -0.484 e. The molecule has 0 atom stereocenters. The molecule has 3 rings (SSSR count). The molecule has 1 heterocycles. The zero-order chi connectivity index (χ0) is 22.2. The lowest BCUT2D eigenvalue weighted by molar-refractivity contribution is -0.134. The molecule has 3 aromatic rings. The third kappa shape index (κ3) is 5.75. The van der Waals surface area contributed by atoms with E-state index in [1.54, 1.807) is 11.8 Å². The molecule has 1 N–H and O–H groups in total. The molecule has 31 heavy (non-hydrogen) atoms. The second kappa shape index (κ2) is 10.5. The Kier molecular flexibility index (Phi) is 7.49. The zero-order valence-corrected chi connectivity index (χ0v) is 18.2. The first-order chi connectivity index (χ1) is 15.0. The average Bonchev–Trinajstić information content (AvgIpc) is 3.07. The number of amides is 1. The van der Waals surface area contributed by atoms with Crippen molar-refractivity contribution in [2.24, 2.45) is 0 Å². The first-order valence-corrected chi connectivity index (χ1v) is 10.3. The summed E-state index contributed by atoms with van der Waals surface area (Å²) in [5, 5.41) is 0. The van der Waals surface area contributed by atoms with E-state index in [2.05, 4.69) is 4.98 Å². The topological polar surface area (TPSA) is 71.6 Å². The van der Waals surface area contributed by atoms with Gasteiger partial charge in [-0.25, -0.2) is 4.79 Å². The van der Waals surface area contributed by atoms with E-state index in [9.17, 15) is 9.59 Å². The molecule has 0 radical (unpaired) electrons. The molecule has 6 heteroatoms. The van der Waals surface area contributed by atoms with Crippen LogP contribution in [-0.4, -0.2) is 35.0 Å². The summed E-state index contributed by atoms with van der Waals surface area (Å²) in [6.07, 6.45) is 0. The lowest BCUT2D eigenvalue weighted by atomic mass is 10.1. The molecule has 0 fully saturated rings. The standard InChI is InChI=1S/C25H28N2O4/c1-4-30-25(29)24-18(2)22(19(3)26-24)16-27(15-20-11-7-5-8-12-20)23(28)17-31-21-13-9-6-10-14-21/h5-14,26H,4,15-17H2,1-3H3. The largest absolute Gasteiger partial charge is 0.484 e. The summed E-state index contributed by atoms with van der Waals surface area (Å²) in [4.78, 5) is 30.2. The van der Waals surface area contributed by atoms with Crippen LogP contribution >= 0.6 is 0 Å². The number of aromatic nitrogens is 1. The molecule has 1 aromatic heterocycles. The highest BCUT2D eigenvalue weighted by molar-refractivity contribution is 5.90. The molecule has 0 aliphatic carbocycles. The molecule has 1 amide bonds. The Morgan fingerprint density at radius 2 is 1.58 bits per heavy atom. The van der Waals surface area contributed by atoms with E-state index in [0.717, 1.165) is 22.4 Å². The van der Waals surface area contributed by atoms with Gasteiger partial charge in [0.1, 0.15) is 11.4 Å². The lowest BCUT2D eigenvalue weighted by Gasteiger charge is -2.24. The maximum absolute atomic E-state index is 13.1. The van der Waals surface area contributed by atoms with Gasteiger partial charge in [-0.05, 0) is 49.6 Å². The van der Waals surface area contributed by atoms with Crippen LogP contribution in [0.1, 0.15) is 39.8 Å². The first kappa shape index (κ1) is 22.2. The van der Waals surface area contributed by atoms with E-state index < -0.39 is 0 Å². The molecule has 6 nitrogen and oxygen atoms in total. The van der Waals surface area contributed by atoms with Crippen molar-refractivity contribution in [3.8, 4) is 5.75 Å². The molecular weight excluding hydrogens is 392 g/mol. The predicted octanol–water partition coefficient (Wildman–Crippen LogP) is 4.42. The summed E-state index contributed by atoms with van der Waals surface area (Å²) in [5.74, 6) is 0.127. The summed E-state index contributed by atoms with van der Waals surface area (Å²) in [5.41, 5.74) is 4.00. The Morgan fingerprint density at radius 1 is 0.935 bits per heavy atom. The average molecular weight is 421 g/mol. The molecule has 0 saturated heterocycles. The Hall–Kier alpha value is -3.54. The Labute approximate surface area is 182 Å². The maximum Gasteiger partial charge on any atom is 0.355 e. The van der Waals surface area contributed by atoms with Crippen molar-refractivity contribution in [1.82, 2.24) is 9.88 Å². The number of nitrogens with zero attached hydrogens (tertiary/aromatic N) is 1. The molecule has 2 aromatic carbocycles. The number of hydrogen-bond acceptors (Lipinski definition) is 4. The summed E-state index contributed by atoms with van der Waals surface area (Å²) in [6, 6.07) is 19.1. The second-order valence-corrected chi connectivity index (χ2v) is 7.29. The van der Waals surface area contributed by atoms with E-state index in [1.807, 2.05) is 74.5 Å². The molecule has 0 aliphatic rings. The van der Waals surface area contributed by atoms with Gasteiger partial charge in [-0.3, -0.25) is 4.79 Å². The van der Waals surface area contributed by atoms with Crippen LogP contribution < -0.4 is 4.74 Å². The Morgan fingerprint density at radius 3 is 2.23 bits per heavy atom. The van der Waals surface area contributed by atoms with E-state index in [-0.39, 0.29) is 18.5 Å². The Balaban J connectivity index is 1.81. The number of esters is 1. The minimum atomic E-state index is -0.386. The third-order valence-electron chi connectivity index (χ3n) is 5.10. The number of H-pyrrole nitrogens is 1. The van der Waals surface area contributed by atoms with Gasteiger partial charge in [0.2, 0.25) is 0 Å².